The molecule has 0 unspecified atom stereocenters. The Morgan fingerprint density at radius 3 is 2.00 bits per heavy atom. The van der Waals surface area contributed by atoms with E-state index in [2.05, 4.69) is 6.58 Å². The topological polar surface area (TPSA) is 52.0 Å². The molecule has 0 saturated heterocycles. The lowest BCUT2D eigenvalue weighted by atomic mass is 10.1. The summed E-state index contributed by atoms with van der Waals surface area (Å²) in [6, 6.07) is 0. The molecule has 0 aromatic rings. The minimum Gasteiger partial charge on any atom is -0.399 e. The zero-order valence-corrected chi connectivity index (χ0v) is 6.32. The van der Waals surface area contributed by atoms with Gasteiger partial charge < -0.3 is 11.5 Å². The Hall–Kier alpha value is -0.990. The molecule has 4 N–H and O–H groups in total. The molecule has 10 heavy (non-hydrogen) atoms. The van der Waals surface area contributed by atoms with E-state index < -0.39 is 5.67 Å². The summed E-state index contributed by atoms with van der Waals surface area (Å²) in [4.78, 5) is 0. The Balaban J connectivity index is 4.35. The van der Waals surface area contributed by atoms with Crippen LogP contribution in [0.15, 0.2) is 24.0 Å². The van der Waals surface area contributed by atoms with Crippen molar-refractivity contribution in [1.29, 1.82) is 0 Å². The Morgan fingerprint density at radius 2 is 1.90 bits per heavy atom. The van der Waals surface area contributed by atoms with Gasteiger partial charge in [-0.3, -0.25) is 0 Å². The summed E-state index contributed by atoms with van der Waals surface area (Å²) in [7, 11) is 0. The van der Waals surface area contributed by atoms with Crippen molar-refractivity contribution in [2.45, 2.75) is 19.5 Å². The molecule has 0 aromatic heterocycles. The first kappa shape index (κ1) is 9.01. The average molecular weight is 144 g/mol. The number of alkyl halides is 1. The normalized spacial score (nSPS) is 13.3. The van der Waals surface area contributed by atoms with Crippen LogP contribution in [0.3, 0.4) is 0 Å². The number of halogens is 1. The molecule has 3 heteroatoms. The molecular formula is C7H13FN2. The molecule has 0 fully saturated rings. The summed E-state index contributed by atoms with van der Waals surface area (Å²) in [5.74, 6) is 0. The molecule has 0 rings (SSSR count). The van der Waals surface area contributed by atoms with Gasteiger partial charge in [0.1, 0.15) is 5.67 Å². The van der Waals surface area contributed by atoms with Crippen LogP contribution < -0.4 is 11.5 Å². The Labute approximate surface area is 60.4 Å². The lowest BCUT2D eigenvalue weighted by molar-refractivity contribution is 0.265. The van der Waals surface area contributed by atoms with Crippen molar-refractivity contribution in [2.75, 3.05) is 0 Å². The smallest absolute Gasteiger partial charge is 0.144 e. The predicted molar refractivity (Wildman–Crippen MR) is 40.8 cm³/mol. The largest absolute Gasteiger partial charge is 0.399 e. The Bertz CT molecular complexity index is 165. The standard InChI is InChI=1S/C7H13FN2/c1-5(9)4-6(10)7(2,3)8/h4H,1,9-10H2,2-3H3/b6-4-. The SMILES string of the molecule is C=C(N)/C=C(\N)C(C)(C)F. The summed E-state index contributed by atoms with van der Waals surface area (Å²) in [5.41, 5.74) is 9.32. The zero-order chi connectivity index (χ0) is 8.36. The van der Waals surface area contributed by atoms with E-state index in [-0.39, 0.29) is 11.4 Å². The molecule has 0 aliphatic heterocycles. The summed E-state index contributed by atoms with van der Waals surface area (Å²) in [5, 5.41) is 0. The highest BCUT2D eigenvalue weighted by Crippen LogP contribution is 2.15. The van der Waals surface area contributed by atoms with Gasteiger partial charge in [0.15, 0.2) is 0 Å². The molecule has 0 spiro atoms. The lowest BCUT2D eigenvalue weighted by Gasteiger charge is -2.13. The number of rotatable bonds is 2. The van der Waals surface area contributed by atoms with Gasteiger partial charge in [-0.05, 0) is 19.9 Å². The summed E-state index contributed by atoms with van der Waals surface area (Å²) in [6.45, 7) is 6.09. The second-order valence-corrected chi connectivity index (χ2v) is 2.65. The predicted octanol–water partition coefficient (Wildman–Crippen LogP) is 1.05. The van der Waals surface area contributed by atoms with E-state index in [9.17, 15) is 4.39 Å². The quantitative estimate of drug-likeness (QED) is 0.569. The number of hydrogen-bond donors (Lipinski definition) is 2. The number of allylic oxidation sites excluding steroid dienone is 2. The molecule has 0 atom stereocenters. The number of hydrogen-bond acceptors (Lipinski definition) is 2. The fraction of sp³-hybridized carbons (Fsp3) is 0.429. The van der Waals surface area contributed by atoms with E-state index in [1.165, 1.54) is 19.9 Å². The summed E-state index contributed by atoms with van der Waals surface area (Å²) in [6.07, 6.45) is 1.32. The average Bonchev–Trinajstić information content (AvgIpc) is 1.60. The number of nitrogens with two attached hydrogens (primary N) is 2. The van der Waals surface area contributed by atoms with Gasteiger partial charge in [0.05, 0.1) is 0 Å². The van der Waals surface area contributed by atoms with E-state index in [1.807, 2.05) is 0 Å². The van der Waals surface area contributed by atoms with Crippen molar-refractivity contribution in [3.8, 4) is 0 Å². The first-order chi connectivity index (χ1) is 4.34. The molecule has 0 heterocycles. The summed E-state index contributed by atoms with van der Waals surface area (Å²) >= 11 is 0. The van der Waals surface area contributed by atoms with Crippen molar-refractivity contribution in [2.24, 2.45) is 11.5 Å². The van der Waals surface area contributed by atoms with E-state index in [0.717, 1.165) is 0 Å². The van der Waals surface area contributed by atoms with Crippen molar-refractivity contribution in [1.82, 2.24) is 0 Å². The van der Waals surface area contributed by atoms with E-state index in [1.54, 1.807) is 0 Å². The molecule has 0 radical (unpaired) electrons. The maximum absolute atomic E-state index is 12.9. The van der Waals surface area contributed by atoms with Gasteiger partial charge >= 0.3 is 0 Å². The van der Waals surface area contributed by atoms with Crippen LogP contribution in [0.1, 0.15) is 13.8 Å². The van der Waals surface area contributed by atoms with E-state index in [4.69, 9.17) is 11.5 Å². The molecular weight excluding hydrogens is 131 g/mol. The lowest BCUT2D eigenvalue weighted by Crippen LogP contribution is -2.23. The summed E-state index contributed by atoms with van der Waals surface area (Å²) < 4.78 is 12.9. The van der Waals surface area contributed by atoms with Crippen LogP contribution in [0.4, 0.5) is 4.39 Å². The molecule has 58 valence electrons. The zero-order valence-electron chi connectivity index (χ0n) is 6.32. The van der Waals surface area contributed by atoms with Gasteiger partial charge in [-0.2, -0.15) is 0 Å². The van der Waals surface area contributed by atoms with Crippen molar-refractivity contribution >= 4 is 0 Å². The second kappa shape index (κ2) is 2.73. The third kappa shape index (κ3) is 3.12. The third-order valence-corrected chi connectivity index (χ3v) is 1.03. The van der Waals surface area contributed by atoms with Crippen LogP contribution in [-0.2, 0) is 0 Å². The van der Waals surface area contributed by atoms with Crippen LogP contribution in [0.5, 0.6) is 0 Å². The monoisotopic (exact) mass is 144 g/mol. The van der Waals surface area contributed by atoms with Crippen molar-refractivity contribution < 1.29 is 4.39 Å². The maximum Gasteiger partial charge on any atom is 0.144 e. The van der Waals surface area contributed by atoms with Crippen LogP contribution in [0.2, 0.25) is 0 Å². The Morgan fingerprint density at radius 1 is 1.50 bits per heavy atom. The van der Waals surface area contributed by atoms with E-state index in [0.29, 0.717) is 0 Å². The van der Waals surface area contributed by atoms with E-state index >= 15 is 0 Å². The first-order valence-electron chi connectivity index (χ1n) is 2.95. The highest BCUT2D eigenvalue weighted by atomic mass is 19.1. The fourth-order valence-electron chi connectivity index (χ4n) is 0.371. The van der Waals surface area contributed by atoms with Crippen LogP contribution in [0.25, 0.3) is 0 Å². The van der Waals surface area contributed by atoms with Gasteiger partial charge in [0.2, 0.25) is 0 Å². The second-order valence-electron chi connectivity index (χ2n) is 2.65. The highest BCUT2D eigenvalue weighted by Gasteiger charge is 2.18. The van der Waals surface area contributed by atoms with Crippen molar-refractivity contribution in [3.05, 3.63) is 24.0 Å². The maximum atomic E-state index is 12.9. The molecule has 0 aromatic carbocycles. The fourth-order valence-corrected chi connectivity index (χ4v) is 0.371. The van der Waals surface area contributed by atoms with Crippen LogP contribution in [-0.4, -0.2) is 5.67 Å². The minimum absolute atomic E-state index is 0.0972. The molecule has 0 aliphatic carbocycles. The van der Waals surface area contributed by atoms with Gasteiger partial charge in [-0.25, -0.2) is 4.39 Å². The molecule has 0 saturated carbocycles. The Kier molecular flexibility index (Phi) is 2.46. The van der Waals surface area contributed by atoms with Crippen LogP contribution in [0, 0.1) is 0 Å². The van der Waals surface area contributed by atoms with Crippen molar-refractivity contribution in [3.63, 3.8) is 0 Å². The molecule has 0 bridgehead atoms. The van der Waals surface area contributed by atoms with Gasteiger partial charge in [0, 0.05) is 11.4 Å². The third-order valence-electron chi connectivity index (χ3n) is 1.03. The van der Waals surface area contributed by atoms with Gasteiger partial charge in [0.25, 0.3) is 0 Å². The molecule has 0 aliphatic rings. The van der Waals surface area contributed by atoms with Crippen LogP contribution >= 0.6 is 0 Å². The van der Waals surface area contributed by atoms with Gasteiger partial charge in [-0.1, -0.05) is 6.58 Å². The first-order valence-corrected chi connectivity index (χ1v) is 2.95. The highest BCUT2D eigenvalue weighted by molar-refractivity contribution is 5.21. The molecule has 0 amide bonds. The van der Waals surface area contributed by atoms with Gasteiger partial charge in [-0.15, -0.1) is 0 Å². The molecule has 2 nitrogen and oxygen atoms in total. The minimum atomic E-state index is -1.51.